The Kier molecular flexibility index (Phi) is 4.71. The zero-order valence-electron chi connectivity index (χ0n) is 15.0. The van der Waals surface area contributed by atoms with E-state index in [-0.39, 0.29) is 11.2 Å². The Morgan fingerprint density at radius 3 is 2.27 bits per heavy atom. The van der Waals surface area contributed by atoms with Gasteiger partial charge in [-0.15, -0.1) is 0 Å². The lowest BCUT2D eigenvalue weighted by Gasteiger charge is -2.19. The Bertz CT molecular complexity index is 993. The van der Waals surface area contributed by atoms with Gasteiger partial charge in [-0.2, -0.15) is 5.26 Å². The molecule has 1 heterocycles. The van der Waals surface area contributed by atoms with Crippen LogP contribution in [-0.4, -0.2) is 4.98 Å². The van der Waals surface area contributed by atoms with Crippen LogP contribution in [0.1, 0.15) is 31.9 Å². The maximum atomic E-state index is 9.56. The Morgan fingerprint density at radius 2 is 1.69 bits per heavy atom. The zero-order valence-corrected chi connectivity index (χ0v) is 15.8. The molecule has 0 aliphatic rings. The van der Waals surface area contributed by atoms with Gasteiger partial charge >= 0.3 is 0 Å². The van der Waals surface area contributed by atoms with E-state index < -0.39 is 0 Å². The number of rotatable bonds is 2. The third kappa shape index (κ3) is 3.56. The number of nitrogens with two attached hydrogens (primary N) is 1. The van der Waals surface area contributed by atoms with Gasteiger partial charge in [-0.1, -0.05) is 68.8 Å². The molecular weight excluding hydrogens is 342 g/mol. The molecule has 0 aliphatic heterocycles. The summed E-state index contributed by atoms with van der Waals surface area (Å²) < 4.78 is 0. The van der Waals surface area contributed by atoms with Crippen molar-refractivity contribution in [3.63, 3.8) is 0 Å². The molecule has 0 fully saturated rings. The first-order valence-corrected chi connectivity index (χ1v) is 8.75. The SMILES string of the molecule is CC(C)(C)c1ccc(-c2cc(-c3cccc(Cl)c3)nc(N)c2C#N)cc1. The molecule has 0 bridgehead atoms. The molecule has 2 aromatic carbocycles. The Hall–Kier alpha value is -2.83. The lowest BCUT2D eigenvalue weighted by atomic mass is 9.86. The third-order valence-corrected chi connectivity index (χ3v) is 4.58. The fourth-order valence-electron chi connectivity index (χ4n) is 2.86. The minimum atomic E-state index is 0.0693. The van der Waals surface area contributed by atoms with Crippen molar-refractivity contribution >= 4 is 17.4 Å². The van der Waals surface area contributed by atoms with Crippen LogP contribution in [0.5, 0.6) is 0 Å². The van der Waals surface area contributed by atoms with Crippen LogP contribution in [-0.2, 0) is 5.41 Å². The summed E-state index contributed by atoms with van der Waals surface area (Å²) in [6, 6.07) is 19.7. The van der Waals surface area contributed by atoms with Crippen molar-refractivity contribution in [3.8, 4) is 28.5 Å². The van der Waals surface area contributed by atoms with E-state index in [9.17, 15) is 5.26 Å². The highest BCUT2D eigenvalue weighted by Crippen LogP contribution is 2.33. The standard InChI is InChI=1S/C22H20ClN3/c1-22(2,3)16-9-7-14(8-10-16)18-12-20(26-21(25)19(18)13-24)15-5-4-6-17(23)11-15/h4-12H,1-3H3,(H2,25,26). The molecule has 0 saturated heterocycles. The fourth-order valence-corrected chi connectivity index (χ4v) is 3.05. The van der Waals surface area contributed by atoms with Crippen LogP contribution in [0.2, 0.25) is 5.02 Å². The average molecular weight is 362 g/mol. The van der Waals surface area contributed by atoms with Crippen LogP contribution >= 0.6 is 11.6 Å². The number of pyridine rings is 1. The first-order chi connectivity index (χ1) is 12.3. The van der Waals surface area contributed by atoms with E-state index in [4.69, 9.17) is 17.3 Å². The summed E-state index contributed by atoms with van der Waals surface area (Å²) in [4.78, 5) is 4.39. The van der Waals surface area contributed by atoms with Crippen LogP contribution in [0.3, 0.4) is 0 Å². The molecule has 0 unspecified atom stereocenters. The van der Waals surface area contributed by atoms with E-state index in [0.29, 0.717) is 16.3 Å². The van der Waals surface area contributed by atoms with Crippen LogP contribution in [0, 0.1) is 11.3 Å². The second kappa shape index (κ2) is 6.82. The van der Waals surface area contributed by atoms with Crippen molar-refractivity contribution in [1.29, 1.82) is 5.26 Å². The second-order valence-electron chi connectivity index (χ2n) is 7.26. The number of hydrogen-bond acceptors (Lipinski definition) is 3. The van der Waals surface area contributed by atoms with E-state index in [1.165, 1.54) is 5.56 Å². The number of benzene rings is 2. The van der Waals surface area contributed by atoms with Crippen molar-refractivity contribution < 1.29 is 0 Å². The summed E-state index contributed by atoms with van der Waals surface area (Å²) in [5.74, 6) is 0.222. The summed E-state index contributed by atoms with van der Waals surface area (Å²) in [6.45, 7) is 6.51. The normalized spacial score (nSPS) is 11.2. The molecule has 0 spiro atoms. The molecule has 0 atom stereocenters. The van der Waals surface area contributed by atoms with E-state index in [1.807, 2.05) is 42.5 Å². The van der Waals surface area contributed by atoms with Gasteiger partial charge in [-0.05, 0) is 34.7 Å². The highest BCUT2D eigenvalue weighted by molar-refractivity contribution is 6.30. The van der Waals surface area contributed by atoms with Crippen molar-refractivity contribution in [2.24, 2.45) is 0 Å². The Labute approximate surface area is 159 Å². The van der Waals surface area contributed by atoms with Crippen molar-refractivity contribution in [1.82, 2.24) is 4.98 Å². The molecule has 4 heteroatoms. The maximum Gasteiger partial charge on any atom is 0.142 e. The molecule has 1 aromatic heterocycles. The van der Waals surface area contributed by atoms with E-state index in [2.05, 4.69) is 44.0 Å². The van der Waals surface area contributed by atoms with Crippen LogP contribution in [0.15, 0.2) is 54.6 Å². The zero-order chi connectivity index (χ0) is 18.9. The number of anilines is 1. The minimum Gasteiger partial charge on any atom is -0.383 e. The average Bonchev–Trinajstić information content (AvgIpc) is 2.60. The van der Waals surface area contributed by atoms with Gasteiger partial charge < -0.3 is 5.73 Å². The predicted octanol–water partition coefficient (Wildman–Crippen LogP) is 5.82. The maximum absolute atomic E-state index is 9.56. The van der Waals surface area contributed by atoms with Crippen LogP contribution in [0.4, 0.5) is 5.82 Å². The smallest absolute Gasteiger partial charge is 0.142 e. The van der Waals surface area contributed by atoms with Crippen molar-refractivity contribution in [2.45, 2.75) is 26.2 Å². The first kappa shape index (κ1) is 18.0. The number of nitrogens with zero attached hydrogens (tertiary/aromatic N) is 2. The highest BCUT2D eigenvalue weighted by Gasteiger charge is 2.16. The minimum absolute atomic E-state index is 0.0693. The molecular formula is C22H20ClN3. The molecule has 0 aliphatic carbocycles. The van der Waals surface area contributed by atoms with Crippen molar-refractivity contribution in [2.75, 3.05) is 5.73 Å². The van der Waals surface area contributed by atoms with E-state index in [0.717, 1.165) is 16.7 Å². The lowest BCUT2D eigenvalue weighted by molar-refractivity contribution is 0.590. The highest BCUT2D eigenvalue weighted by atomic mass is 35.5. The Morgan fingerprint density at radius 1 is 1.00 bits per heavy atom. The molecule has 3 rings (SSSR count). The number of hydrogen-bond donors (Lipinski definition) is 1. The predicted molar refractivity (Wildman–Crippen MR) is 108 cm³/mol. The monoisotopic (exact) mass is 361 g/mol. The summed E-state index contributed by atoms with van der Waals surface area (Å²) in [7, 11) is 0. The van der Waals surface area contributed by atoms with Gasteiger partial charge in [-0.25, -0.2) is 4.98 Å². The Balaban J connectivity index is 2.16. The van der Waals surface area contributed by atoms with Gasteiger partial charge in [0.15, 0.2) is 0 Å². The fraction of sp³-hybridized carbons (Fsp3) is 0.182. The van der Waals surface area contributed by atoms with E-state index >= 15 is 0 Å². The third-order valence-electron chi connectivity index (χ3n) is 4.34. The molecule has 2 N–H and O–H groups in total. The van der Waals surface area contributed by atoms with Crippen molar-refractivity contribution in [3.05, 3.63) is 70.7 Å². The van der Waals surface area contributed by atoms with Gasteiger partial charge in [0, 0.05) is 16.1 Å². The quantitative estimate of drug-likeness (QED) is 0.625. The molecule has 3 nitrogen and oxygen atoms in total. The summed E-state index contributed by atoms with van der Waals surface area (Å²) in [5.41, 5.74) is 11.0. The van der Waals surface area contributed by atoms with Gasteiger partial charge in [0.2, 0.25) is 0 Å². The number of halogens is 1. The topological polar surface area (TPSA) is 62.7 Å². The molecule has 26 heavy (non-hydrogen) atoms. The van der Waals surface area contributed by atoms with Gasteiger partial charge in [-0.3, -0.25) is 0 Å². The van der Waals surface area contributed by atoms with Crippen LogP contribution < -0.4 is 5.73 Å². The number of aromatic nitrogens is 1. The van der Waals surface area contributed by atoms with Crippen LogP contribution in [0.25, 0.3) is 22.4 Å². The summed E-state index contributed by atoms with van der Waals surface area (Å²) >= 11 is 6.10. The number of nitrogen functional groups attached to an aromatic ring is 1. The van der Waals surface area contributed by atoms with Gasteiger partial charge in [0.1, 0.15) is 17.5 Å². The molecule has 130 valence electrons. The largest absolute Gasteiger partial charge is 0.383 e. The first-order valence-electron chi connectivity index (χ1n) is 8.37. The van der Waals surface area contributed by atoms with Gasteiger partial charge in [0.05, 0.1) is 5.69 Å². The summed E-state index contributed by atoms with van der Waals surface area (Å²) in [5, 5.41) is 10.2. The summed E-state index contributed by atoms with van der Waals surface area (Å²) in [6.07, 6.45) is 0. The molecule has 0 saturated carbocycles. The molecule has 0 amide bonds. The van der Waals surface area contributed by atoms with Gasteiger partial charge in [0.25, 0.3) is 0 Å². The molecule has 0 radical (unpaired) electrons. The molecule has 3 aromatic rings. The lowest BCUT2D eigenvalue weighted by Crippen LogP contribution is -2.10. The van der Waals surface area contributed by atoms with E-state index in [1.54, 1.807) is 0 Å². The number of nitriles is 1. The second-order valence-corrected chi connectivity index (χ2v) is 7.70.